The van der Waals surface area contributed by atoms with Gasteiger partial charge in [0.25, 0.3) is 0 Å². The molecule has 1 aromatic rings. The van der Waals surface area contributed by atoms with E-state index in [0.29, 0.717) is 0 Å². The Bertz CT molecular complexity index is 484. The Morgan fingerprint density at radius 3 is 2.79 bits per heavy atom. The predicted octanol–water partition coefficient (Wildman–Crippen LogP) is 1.77. The predicted molar refractivity (Wildman–Crippen MR) is 71.2 cm³/mol. The summed E-state index contributed by atoms with van der Waals surface area (Å²) in [5.41, 5.74) is 0. The minimum Gasteiger partial charge on any atom is -0.480 e. The van der Waals surface area contributed by atoms with Crippen LogP contribution in [-0.4, -0.2) is 39.6 Å². The zero-order chi connectivity index (χ0) is 14.0. The first-order valence-electron chi connectivity index (χ1n) is 6.18. The van der Waals surface area contributed by atoms with Gasteiger partial charge in [-0.3, -0.25) is 4.79 Å². The smallest absolute Gasteiger partial charge is 0.323 e. The second-order valence-corrected chi connectivity index (χ2v) is 6.00. The number of amides is 2. The molecule has 6 nitrogen and oxygen atoms in total. The summed E-state index contributed by atoms with van der Waals surface area (Å²) < 4.78 is 0. The number of nitrogens with one attached hydrogen (secondary N) is 1. The van der Waals surface area contributed by atoms with Crippen molar-refractivity contribution in [2.75, 3.05) is 6.54 Å². The lowest BCUT2D eigenvalue weighted by atomic mass is 10.3. The van der Waals surface area contributed by atoms with Crippen LogP contribution in [-0.2, 0) is 4.79 Å². The number of hydrogen-bond acceptors (Lipinski definition) is 4. The number of urea groups is 1. The Hall–Kier alpha value is -1.63. The van der Waals surface area contributed by atoms with Crippen molar-refractivity contribution in [3.8, 4) is 0 Å². The third-order valence-electron chi connectivity index (χ3n) is 2.90. The molecule has 0 bridgehead atoms. The van der Waals surface area contributed by atoms with E-state index in [0.717, 1.165) is 22.7 Å². The van der Waals surface area contributed by atoms with Crippen molar-refractivity contribution in [2.45, 2.75) is 38.8 Å². The highest BCUT2D eigenvalue weighted by atomic mass is 32.1. The van der Waals surface area contributed by atoms with Gasteiger partial charge in [-0.1, -0.05) is 0 Å². The van der Waals surface area contributed by atoms with Crippen LogP contribution in [0, 0.1) is 6.92 Å². The largest absolute Gasteiger partial charge is 0.480 e. The van der Waals surface area contributed by atoms with Crippen molar-refractivity contribution >= 4 is 23.3 Å². The molecular weight excluding hydrogens is 266 g/mol. The number of carbonyl (C=O) groups is 2. The van der Waals surface area contributed by atoms with E-state index in [1.54, 1.807) is 6.20 Å². The summed E-state index contributed by atoms with van der Waals surface area (Å²) in [5, 5.41) is 12.5. The number of hydrogen-bond donors (Lipinski definition) is 2. The van der Waals surface area contributed by atoms with Crippen LogP contribution in [0.4, 0.5) is 4.79 Å². The van der Waals surface area contributed by atoms with Crippen molar-refractivity contribution in [3.05, 3.63) is 16.1 Å². The lowest BCUT2D eigenvalue weighted by molar-refractivity contribution is -0.137. The molecule has 1 aromatic heterocycles. The van der Waals surface area contributed by atoms with E-state index in [-0.39, 0.29) is 24.7 Å². The molecule has 2 N–H and O–H groups in total. The number of nitrogens with zero attached hydrogens (tertiary/aromatic N) is 2. The SMILES string of the molecule is Cc1cnc(C(C)NC(=O)N(CC(=O)O)C2CC2)s1. The van der Waals surface area contributed by atoms with Gasteiger partial charge < -0.3 is 15.3 Å². The van der Waals surface area contributed by atoms with Gasteiger partial charge in [0.15, 0.2) is 0 Å². The number of rotatable bonds is 5. The number of aryl methyl sites for hydroxylation is 1. The van der Waals surface area contributed by atoms with E-state index < -0.39 is 5.97 Å². The number of carboxylic acids is 1. The molecule has 0 spiro atoms. The Morgan fingerprint density at radius 1 is 1.63 bits per heavy atom. The molecule has 1 aliphatic carbocycles. The molecule has 19 heavy (non-hydrogen) atoms. The van der Waals surface area contributed by atoms with Crippen LogP contribution in [0.25, 0.3) is 0 Å². The summed E-state index contributed by atoms with van der Waals surface area (Å²) in [7, 11) is 0. The molecule has 104 valence electrons. The van der Waals surface area contributed by atoms with Crippen LogP contribution < -0.4 is 5.32 Å². The van der Waals surface area contributed by atoms with E-state index >= 15 is 0 Å². The molecule has 1 saturated carbocycles. The highest BCUT2D eigenvalue weighted by Crippen LogP contribution is 2.27. The molecule has 0 saturated heterocycles. The number of carbonyl (C=O) groups excluding carboxylic acids is 1. The average Bonchev–Trinajstić information content (AvgIpc) is 3.07. The molecule has 1 fully saturated rings. The van der Waals surface area contributed by atoms with Crippen molar-refractivity contribution < 1.29 is 14.7 Å². The van der Waals surface area contributed by atoms with Crippen LogP contribution in [0.15, 0.2) is 6.20 Å². The van der Waals surface area contributed by atoms with Crippen LogP contribution in [0.1, 0.15) is 35.7 Å². The van der Waals surface area contributed by atoms with Gasteiger partial charge >= 0.3 is 12.0 Å². The van der Waals surface area contributed by atoms with Gasteiger partial charge in [0.2, 0.25) is 0 Å². The molecule has 7 heteroatoms. The van der Waals surface area contributed by atoms with E-state index in [1.807, 2.05) is 13.8 Å². The summed E-state index contributed by atoms with van der Waals surface area (Å²) in [6.45, 7) is 3.55. The van der Waals surface area contributed by atoms with Gasteiger partial charge in [-0.05, 0) is 26.7 Å². The normalized spacial score (nSPS) is 15.9. The lowest BCUT2D eigenvalue weighted by Gasteiger charge is -2.22. The van der Waals surface area contributed by atoms with Gasteiger partial charge in [-0.2, -0.15) is 0 Å². The van der Waals surface area contributed by atoms with Gasteiger partial charge in [-0.15, -0.1) is 11.3 Å². The average molecular weight is 283 g/mol. The fraction of sp³-hybridized carbons (Fsp3) is 0.583. The molecule has 1 heterocycles. The highest BCUT2D eigenvalue weighted by molar-refractivity contribution is 7.11. The number of carboxylic acid groups (broad SMARTS) is 1. The molecule has 1 aliphatic rings. The first-order chi connectivity index (χ1) is 8.97. The highest BCUT2D eigenvalue weighted by Gasteiger charge is 2.34. The molecule has 1 unspecified atom stereocenters. The minimum absolute atomic E-state index is 0.0707. The van der Waals surface area contributed by atoms with Gasteiger partial charge in [0.05, 0.1) is 6.04 Å². The zero-order valence-corrected chi connectivity index (χ0v) is 11.7. The number of aliphatic carboxylic acids is 1. The molecule has 2 amide bonds. The standard InChI is InChI=1S/C12H17N3O3S/c1-7-5-13-11(19-7)8(2)14-12(18)15(6-10(16)17)9-3-4-9/h5,8-9H,3-4,6H2,1-2H3,(H,14,18)(H,16,17). The van der Waals surface area contributed by atoms with Crippen molar-refractivity contribution in [3.63, 3.8) is 0 Å². The van der Waals surface area contributed by atoms with Crippen LogP contribution in [0.3, 0.4) is 0 Å². The van der Waals surface area contributed by atoms with Gasteiger partial charge in [0.1, 0.15) is 11.6 Å². The fourth-order valence-corrected chi connectivity index (χ4v) is 2.58. The fourth-order valence-electron chi connectivity index (χ4n) is 1.80. The van der Waals surface area contributed by atoms with E-state index in [4.69, 9.17) is 5.11 Å². The van der Waals surface area contributed by atoms with Crippen LogP contribution >= 0.6 is 11.3 Å². The topological polar surface area (TPSA) is 82.5 Å². The van der Waals surface area contributed by atoms with Gasteiger partial charge in [-0.25, -0.2) is 9.78 Å². The van der Waals surface area contributed by atoms with E-state index in [2.05, 4.69) is 10.3 Å². The Kier molecular flexibility index (Phi) is 4.04. The third kappa shape index (κ3) is 3.66. The van der Waals surface area contributed by atoms with E-state index in [9.17, 15) is 9.59 Å². The lowest BCUT2D eigenvalue weighted by Crippen LogP contribution is -2.44. The minimum atomic E-state index is -0.986. The molecule has 1 atom stereocenters. The zero-order valence-electron chi connectivity index (χ0n) is 10.9. The summed E-state index contributed by atoms with van der Waals surface area (Å²) >= 11 is 1.53. The Balaban J connectivity index is 1.96. The van der Waals surface area contributed by atoms with Crippen molar-refractivity contribution in [1.29, 1.82) is 0 Å². The number of thiazole rings is 1. The Morgan fingerprint density at radius 2 is 2.32 bits per heavy atom. The maximum absolute atomic E-state index is 12.1. The van der Waals surface area contributed by atoms with Crippen molar-refractivity contribution in [1.82, 2.24) is 15.2 Å². The van der Waals surface area contributed by atoms with Crippen molar-refractivity contribution in [2.24, 2.45) is 0 Å². The first kappa shape index (κ1) is 13.8. The monoisotopic (exact) mass is 283 g/mol. The summed E-state index contributed by atoms with van der Waals surface area (Å²) in [6.07, 6.45) is 3.52. The Labute approximate surface area is 115 Å². The van der Waals surface area contributed by atoms with Crippen LogP contribution in [0.5, 0.6) is 0 Å². The quantitative estimate of drug-likeness (QED) is 0.862. The molecule has 0 aliphatic heterocycles. The number of aromatic nitrogens is 1. The molecule has 2 rings (SSSR count). The maximum atomic E-state index is 12.1. The summed E-state index contributed by atoms with van der Waals surface area (Å²) in [4.78, 5) is 29.5. The molecule has 0 aromatic carbocycles. The second kappa shape index (κ2) is 5.56. The second-order valence-electron chi connectivity index (χ2n) is 4.73. The van der Waals surface area contributed by atoms with E-state index in [1.165, 1.54) is 16.2 Å². The molecular formula is C12H17N3O3S. The third-order valence-corrected chi connectivity index (χ3v) is 4.00. The van der Waals surface area contributed by atoms with Crippen LogP contribution in [0.2, 0.25) is 0 Å². The summed E-state index contributed by atoms with van der Waals surface area (Å²) in [5.74, 6) is -0.986. The summed E-state index contributed by atoms with van der Waals surface area (Å²) in [6, 6.07) is -0.465. The van der Waals surface area contributed by atoms with Gasteiger partial charge in [0, 0.05) is 17.1 Å². The molecule has 0 radical (unpaired) electrons. The maximum Gasteiger partial charge on any atom is 0.323 e. The first-order valence-corrected chi connectivity index (χ1v) is 7.00.